The van der Waals surface area contributed by atoms with Gasteiger partial charge in [0, 0.05) is 0 Å². The molecule has 0 spiro atoms. The summed E-state index contributed by atoms with van der Waals surface area (Å²) in [5.41, 5.74) is 4.41. The van der Waals surface area contributed by atoms with Gasteiger partial charge in [-0.05, 0) is 38.5 Å². The molecule has 0 amide bonds. The summed E-state index contributed by atoms with van der Waals surface area (Å²) >= 11 is 0. The molecular weight excluding hydrogens is 227 g/mol. The summed E-state index contributed by atoms with van der Waals surface area (Å²) in [5.74, 6) is 0. The van der Waals surface area contributed by atoms with E-state index in [4.69, 9.17) is 0 Å². The largest absolute Gasteiger partial charge is 0.134 e. The van der Waals surface area contributed by atoms with Gasteiger partial charge in [0.05, 0.1) is 0 Å². The third-order valence-corrected chi connectivity index (χ3v) is 3.99. The molecule has 1 unspecified atom stereocenters. The van der Waals surface area contributed by atoms with Gasteiger partial charge in [0.2, 0.25) is 0 Å². The summed E-state index contributed by atoms with van der Waals surface area (Å²) < 4.78 is 0. The Morgan fingerprint density at radius 1 is 1.21 bits per heavy atom. The molecule has 0 aromatic carbocycles. The average Bonchev–Trinajstić information content (AvgIpc) is 2.43. The van der Waals surface area contributed by atoms with E-state index in [2.05, 4.69) is 66.9 Å². The van der Waals surface area contributed by atoms with Gasteiger partial charge in [0.15, 0.2) is 0 Å². The minimum atomic E-state index is 0.126. The van der Waals surface area contributed by atoms with Crippen LogP contribution in [0.25, 0.3) is 0 Å². The maximum absolute atomic E-state index is 3.98. The Morgan fingerprint density at radius 3 is 2.32 bits per heavy atom. The molecular formula is C18H29B. The Labute approximate surface area is 121 Å². The Morgan fingerprint density at radius 2 is 1.84 bits per heavy atom. The van der Waals surface area contributed by atoms with Crippen LogP contribution in [0.2, 0.25) is 0 Å². The van der Waals surface area contributed by atoms with Gasteiger partial charge < -0.3 is 0 Å². The Hall–Kier alpha value is -1.24. The minimum absolute atomic E-state index is 0.126. The van der Waals surface area contributed by atoms with Crippen molar-refractivity contribution in [1.29, 1.82) is 0 Å². The van der Waals surface area contributed by atoms with Gasteiger partial charge in [0.25, 0.3) is 0 Å². The summed E-state index contributed by atoms with van der Waals surface area (Å²) in [4.78, 5) is 0. The van der Waals surface area contributed by atoms with E-state index in [0.29, 0.717) is 0 Å². The minimum Gasteiger partial charge on any atom is -0.107 e. The molecule has 0 rings (SSSR count). The molecule has 0 saturated carbocycles. The van der Waals surface area contributed by atoms with Crippen molar-refractivity contribution in [2.24, 2.45) is 5.41 Å². The molecule has 0 nitrogen and oxygen atoms in total. The molecule has 0 aliphatic heterocycles. The van der Waals surface area contributed by atoms with Crippen LogP contribution in [-0.4, -0.2) is 7.85 Å². The van der Waals surface area contributed by atoms with Crippen molar-refractivity contribution >= 4 is 7.85 Å². The maximum Gasteiger partial charge on any atom is 0.134 e. The van der Waals surface area contributed by atoms with E-state index in [1.54, 1.807) is 0 Å². The molecule has 0 aromatic rings. The zero-order valence-corrected chi connectivity index (χ0v) is 13.4. The second-order valence-corrected chi connectivity index (χ2v) is 5.58. The molecule has 0 bridgehead atoms. The van der Waals surface area contributed by atoms with Crippen LogP contribution in [0.5, 0.6) is 0 Å². The summed E-state index contributed by atoms with van der Waals surface area (Å²) in [6.45, 7) is 16.6. The number of rotatable bonds is 8. The Balaban J connectivity index is 4.86. The van der Waals surface area contributed by atoms with Crippen molar-refractivity contribution in [1.82, 2.24) is 0 Å². The van der Waals surface area contributed by atoms with E-state index in [0.717, 1.165) is 19.3 Å². The predicted octanol–water partition coefficient (Wildman–Crippen LogP) is 4.96. The van der Waals surface area contributed by atoms with Gasteiger partial charge >= 0.3 is 0 Å². The number of allylic oxidation sites excluding steroid dienone is 8. The average molecular weight is 256 g/mol. The third kappa shape index (κ3) is 6.47. The molecule has 1 heteroatoms. The van der Waals surface area contributed by atoms with Crippen molar-refractivity contribution in [3.8, 4) is 0 Å². The third-order valence-electron chi connectivity index (χ3n) is 3.99. The van der Waals surface area contributed by atoms with Crippen LogP contribution in [0, 0.1) is 5.41 Å². The smallest absolute Gasteiger partial charge is 0.107 e. The van der Waals surface area contributed by atoms with Crippen molar-refractivity contribution in [2.45, 2.75) is 47.0 Å². The van der Waals surface area contributed by atoms with Gasteiger partial charge in [-0.25, -0.2) is 0 Å². The van der Waals surface area contributed by atoms with Crippen LogP contribution in [0.3, 0.4) is 0 Å². The molecule has 0 aromatic heterocycles. The standard InChI is InChI=1S/C18H29B/c1-7-10-11-13-18(6,9-3)14-12-15(4)16(5)17(19)8-2/h7,9-12H,1,3,8,13-14,19H2,2,4-6H3/b11-10-,15-12+,17-16+. The van der Waals surface area contributed by atoms with Gasteiger partial charge in [-0.2, -0.15) is 0 Å². The lowest BCUT2D eigenvalue weighted by Gasteiger charge is -2.23. The Bertz CT molecular complexity index is 396. The molecule has 0 heterocycles. The first-order valence-corrected chi connectivity index (χ1v) is 7.14. The van der Waals surface area contributed by atoms with Crippen LogP contribution in [-0.2, 0) is 0 Å². The fourth-order valence-corrected chi connectivity index (χ4v) is 1.82. The topological polar surface area (TPSA) is 0 Å². The highest BCUT2D eigenvalue weighted by Gasteiger charge is 2.16. The second kappa shape index (κ2) is 8.80. The normalized spacial score (nSPS) is 16.9. The monoisotopic (exact) mass is 256 g/mol. The lowest BCUT2D eigenvalue weighted by Crippen LogP contribution is -2.10. The van der Waals surface area contributed by atoms with Crippen LogP contribution >= 0.6 is 0 Å². The van der Waals surface area contributed by atoms with E-state index in [-0.39, 0.29) is 5.41 Å². The van der Waals surface area contributed by atoms with Crippen molar-refractivity contribution in [2.75, 3.05) is 0 Å². The van der Waals surface area contributed by atoms with Crippen LogP contribution in [0.15, 0.2) is 60.2 Å². The molecule has 19 heavy (non-hydrogen) atoms. The lowest BCUT2D eigenvalue weighted by molar-refractivity contribution is 0.440. The van der Waals surface area contributed by atoms with Crippen molar-refractivity contribution in [3.05, 3.63) is 60.2 Å². The van der Waals surface area contributed by atoms with E-state index < -0.39 is 0 Å². The summed E-state index contributed by atoms with van der Waals surface area (Å²) in [7, 11) is 2.21. The zero-order valence-electron chi connectivity index (χ0n) is 13.4. The van der Waals surface area contributed by atoms with Crippen molar-refractivity contribution < 1.29 is 0 Å². The van der Waals surface area contributed by atoms with E-state index >= 15 is 0 Å². The zero-order chi connectivity index (χ0) is 14.9. The van der Waals surface area contributed by atoms with E-state index in [1.165, 1.54) is 16.6 Å². The van der Waals surface area contributed by atoms with Crippen LogP contribution < -0.4 is 0 Å². The second-order valence-electron chi connectivity index (χ2n) is 5.58. The number of hydrogen-bond donors (Lipinski definition) is 0. The molecule has 0 fully saturated rings. The van der Waals surface area contributed by atoms with Gasteiger partial charge in [0.1, 0.15) is 7.85 Å². The predicted molar refractivity (Wildman–Crippen MR) is 92.2 cm³/mol. The summed E-state index contributed by atoms with van der Waals surface area (Å²) in [6, 6.07) is 0. The first-order valence-electron chi connectivity index (χ1n) is 7.14. The SMILES string of the molecule is B/C(CC)=C(C)/C(C)=C/CC(C)(C=C)C/C=C\C=C. The Kier molecular flexibility index (Phi) is 8.22. The molecule has 0 saturated heterocycles. The maximum atomic E-state index is 3.98. The fraction of sp³-hybridized carbons (Fsp3) is 0.444. The fourth-order valence-electron chi connectivity index (χ4n) is 1.82. The van der Waals surface area contributed by atoms with Crippen molar-refractivity contribution in [3.63, 3.8) is 0 Å². The summed E-state index contributed by atoms with van der Waals surface area (Å²) in [5, 5.41) is 0. The number of hydrogen-bond acceptors (Lipinski definition) is 0. The van der Waals surface area contributed by atoms with Gasteiger partial charge in [-0.15, -0.1) is 12.1 Å². The highest BCUT2D eigenvalue weighted by atomic mass is 14.2. The van der Waals surface area contributed by atoms with E-state index in [1.807, 2.05) is 12.2 Å². The van der Waals surface area contributed by atoms with Gasteiger partial charge in [-0.1, -0.05) is 62.0 Å². The highest BCUT2D eigenvalue weighted by Crippen LogP contribution is 2.30. The van der Waals surface area contributed by atoms with Crippen LogP contribution in [0.4, 0.5) is 0 Å². The molecule has 1 atom stereocenters. The lowest BCUT2D eigenvalue weighted by atomic mass is 9.81. The van der Waals surface area contributed by atoms with Gasteiger partial charge in [-0.3, -0.25) is 0 Å². The molecule has 0 N–H and O–H groups in total. The molecule has 0 aliphatic carbocycles. The first-order chi connectivity index (χ1) is 8.90. The van der Waals surface area contributed by atoms with Crippen LogP contribution in [0.1, 0.15) is 47.0 Å². The molecule has 0 radical (unpaired) electrons. The quantitative estimate of drug-likeness (QED) is 0.327. The first kappa shape index (κ1) is 17.8. The van der Waals surface area contributed by atoms with E-state index in [9.17, 15) is 0 Å². The molecule has 104 valence electrons. The summed E-state index contributed by atoms with van der Waals surface area (Å²) in [6.07, 6.45) is 13.6. The highest BCUT2D eigenvalue weighted by molar-refractivity contribution is 6.22. The molecule has 0 aliphatic rings.